The number of carboxylic acid groups (broad SMARTS) is 1. The zero-order valence-electron chi connectivity index (χ0n) is 54.5. The van der Waals surface area contributed by atoms with Gasteiger partial charge in [0.1, 0.15) is 48.3 Å². The number of unbranched alkanes of at least 4 members (excludes halogenated alkanes) is 1. The number of carbonyl (C=O) groups is 10. The number of aliphatic carboxylic acids is 1. The first-order valence-corrected chi connectivity index (χ1v) is 31.3. The predicted octanol–water partition coefficient (Wildman–Crippen LogP) is -10.9. The number of nitrogens with two attached hydrogens (primary N) is 14. The molecule has 0 fully saturated rings. The Kier molecular flexibility index (Phi) is 41.9. The summed E-state index contributed by atoms with van der Waals surface area (Å²) in [6, 6.07) is -4.52. The summed E-state index contributed by atoms with van der Waals surface area (Å²) in [6.07, 6.45) is 0.724. The first kappa shape index (κ1) is 84.4. The number of carboxylic acids is 1. The number of nitrogens with one attached hydrogen (secondary N) is 9. The minimum absolute atomic E-state index is 0.0126. The van der Waals surface area contributed by atoms with E-state index >= 15 is 0 Å². The second-order valence-corrected chi connectivity index (χ2v) is 22.1. The monoisotopic (exact) mass is 1370 g/mol. The lowest BCUT2D eigenvalue weighted by Gasteiger charge is -2.27. The molecule has 0 radical (unpaired) electrons. The van der Waals surface area contributed by atoms with Gasteiger partial charge in [-0.05, 0) is 108 Å². The van der Waals surface area contributed by atoms with Gasteiger partial charge in [-0.25, -0.2) is 4.79 Å². The number of aliphatic imine (C=N–C) groups is 6. The molecule has 1 rings (SSSR count). The van der Waals surface area contributed by atoms with Gasteiger partial charge in [0.25, 0.3) is 0 Å². The summed E-state index contributed by atoms with van der Waals surface area (Å²) in [5.74, 6) is -11.1. The topological polar surface area (TPSA) is 758 Å². The molecule has 1 aromatic carbocycles. The van der Waals surface area contributed by atoms with Crippen molar-refractivity contribution in [3.8, 4) is 0 Å². The summed E-state index contributed by atoms with van der Waals surface area (Å²) in [5.41, 5.74) is 78.3. The number of hydrogen-bond acceptors (Lipinski definition) is 19. The standard InChI is InChI=1S/C56H103N29O12/c57-21-5-4-15-33(43(89)77-29-41(87)78-40(30-86)49(95)85-39(28-31-12-2-1-3-13-31)48(94)84-38(50(96)97)20-11-27-76-56(69)70)80-45(91)35(17-8-24-73-53(63)64)82-47(93)37(19-10-26-75-55(67)68)83-46(92)36(18-9-25-74-54(65)66)81-44(90)34(16-7-23-72-52(61)62)79-42(88)32(58)14-6-22-71-51(59)60/h1-3,12-13,32-40,86H,4-11,14-30,57-58H2,(H,77,89)(H,78,87)(H,79,88)(H,80,91)(H,81,90)(H,82,93)(H,83,92)(H,84,94)(H,85,95)(H,96,97)(H4,59,60,71)(H4,61,62,72)(H4,63,64,73)(H4,65,66,74)(H4,67,68,75)(H4,69,70,76)/t32-,33-,34-,35-,36-,37-,38-,39-,40-/m0/s1. The van der Waals surface area contributed by atoms with Gasteiger partial charge in [0.05, 0.1) is 19.2 Å². The van der Waals surface area contributed by atoms with Crippen LogP contribution < -0.4 is 128 Å². The van der Waals surface area contributed by atoms with Crippen LogP contribution in [0.25, 0.3) is 0 Å². The molecule has 97 heavy (non-hydrogen) atoms. The van der Waals surface area contributed by atoms with Crippen LogP contribution in [0.3, 0.4) is 0 Å². The largest absolute Gasteiger partial charge is 0.480 e. The summed E-state index contributed by atoms with van der Waals surface area (Å²) in [5, 5.41) is 42.8. The van der Waals surface area contributed by atoms with E-state index < -0.39 is 127 Å². The molecule has 0 saturated carbocycles. The Hall–Kier alpha value is -10.6. The highest BCUT2D eigenvalue weighted by atomic mass is 16.4. The Bertz CT molecular complexity index is 2840. The Balaban J connectivity index is 3.62. The molecule has 0 aliphatic heterocycles. The molecule has 0 aliphatic carbocycles. The summed E-state index contributed by atoms with van der Waals surface area (Å²) in [6.45, 7) is -1.47. The van der Waals surface area contributed by atoms with Gasteiger partial charge < -0.3 is 138 Å². The molecule has 0 aliphatic rings. The van der Waals surface area contributed by atoms with E-state index in [1.165, 1.54) is 0 Å². The van der Waals surface area contributed by atoms with Crippen molar-refractivity contribution in [3.63, 3.8) is 0 Å². The molecule has 1 aromatic rings. The summed E-state index contributed by atoms with van der Waals surface area (Å²) >= 11 is 0. The normalized spacial score (nSPS) is 13.5. The fourth-order valence-electron chi connectivity index (χ4n) is 8.96. The van der Waals surface area contributed by atoms with Crippen molar-refractivity contribution in [2.45, 2.75) is 157 Å². The van der Waals surface area contributed by atoms with Crippen LogP contribution in [0.5, 0.6) is 0 Å². The molecule has 9 amide bonds. The van der Waals surface area contributed by atoms with Crippen LogP contribution in [-0.2, 0) is 54.4 Å². The van der Waals surface area contributed by atoms with E-state index in [2.05, 4.69) is 77.8 Å². The molecule has 41 nitrogen and oxygen atoms in total. The highest BCUT2D eigenvalue weighted by Crippen LogP contribution is 2.12. The molecule has 0 bridgehead atoms. The maximum atomic E-state index is 14.6. The summed E-state index contributed by atoms with van der Waals surface area (Å²) in [7, 11) is 0. The first-order chi connectivity index (χ1) is 46.0. The average Bonchev–Trinajstić information content (AvgIpc) is 0.946. The Morgan fingerprint density at radius 1 is 0.361 bits per heavy atom. The molecule has 39 N–H and O–H groups in total. The molecule has 0 heterocycles. The quantitative estimate of drug-likeness (QED) is 0.0164. The lowest BCUT2D eigenvalue weighted by molar-refractivity contribution is -0.142. The Labute approximate surface area is 561 Å². The van der Waals surface area contributed by atoms with Crippen molar-refractivity contribution in [1.82, 2.24) is 47.9 Å². The molecule has 0 saturated heterocycles. The molecule has 0 spiro atoms. The average molecular weight is 1370 g/mol. The second-order valence-electron chi connectivity index (χ2n) is 22.1. The van der Waals surface area contributed by atoms with Crippen molar-refractivity contribution in [3.05, 3.63) is 35.9 Å². The highest BCUT2D eigenvalue weighted by molar-refractivity contribution is 5.98. The van der Waals surface area contributed by atoms with E-state index in [1.807, 2.05) is 0 Å². The van der Waals surface area contributed by atoms with Gasteiger partial charge in [0.2, 0.25) is 53.2 Å². The zero-order chi connectivity index (χ0) is 72.8. The Morgan fingerprint density at radius 3 is 1.01 bits per heavy atom. The van der Waals surface area contributed by atoms with E-state index in [-0.39, 0.29) is 171 Å². The molecule has 0 aromatic heterocycles. The summed E-state index contributed by atoms with van der Waals surface area (Å²) < 4.78 is 0. The third-order valence-electron chi connectivity index (χ3n) is 13.9. The zero-order valence-corrected chi connectivity index (χ0v) is 54.5. The van der Waals surface area contributed by atoms with Crippen LogP contribution in [0.2, 0.25) is 0 Å². The van der Waals surface area contributed by atoms with Crippen molar-refractivity contribution in [1.29, 1.82) is 0 Å². The third kappa shape index (κ3) is 39.0. The fraction of sp³-hybridized carbons (Fsp3) is 0.607. The number of aliphatic hydroxyl groups excluding tert-OH is 1. The second kappa shape index (κ2) is 48.2. The van der Waals surface area contributed by atoms with Crippen molar-refractivity contribution < 1.29 is 58.2 Å². The van der Waals surface area contributed by atoms with Crippen molar-refractivity contribution in [2.75, 3.05) is 59.0 Å². The van der Waals surface area contributed by atoms with E-state index in [1.54, 1.807) is 30.3 Å². The smallest absolute Gasteiger partial charge is 0.326 e. The number of guanidine groups is 6. The van der Waals surface area contributed by atoms with Crippen LogP contribution in [0, 0.1) is 0 Å². The van der Waals surface area contributed by atoms with E-state index in [0.29, 0.717) is 18.4 Å². The lowest BCUT2D eigenvalue weighted by atomic mass is 10.0. The highest BCUT2D eigenvalue weighted by Gasteiger charge is 2.34. The minimum Gasteiger partial charge on any atom is -0.480 e. The van der Waals surface area contributed by atoms with Crippen LogP contribution in [0.4, 0.5) is 0 Å². The van der Waals surface area contributed by atoms with E-state index in [0.717, 1.165) is 0 Å². The number of rotatable bonds is 50. The van der Waals surface area contributed by atoms with Gasteiger partial charge in [-0.15, -0.1) is 0 Å². The van der Waals surface area contributed by atoms with Gasteiger partial charge in [-0.1, -0.05) is 30.3 Å². The van der Waals surface area contributed by atoms with Crippen LogP contribution >= 0.6 is 0 Å². The summed E-state index contributed by atoms with van der Waals surface area (Å²) in [4.78, 5) is 161. The predicted molar refractivity (Wildman–Crippen MR) is 364 cm³/mol. The number of hydrogen-bond donors (Lipinski definition) is 25. The number of aliphatic hydroxyl groups is 1. The van der Waals surface area contributed by atoms with Gasteiger partial charge in [0.15, 0.2) is 35.8 Å². The lowest BCUT2D eigenvalue weighted by Crippen LogP contribution is -2.59. The first-order valence-electron chi connectivity index (χ1n) is 31.3. The van der Waals surface area contributed by atoms with Gasteiger partial charge in [0, 0.05) is 45.7 Å². The Morgan fingerprint density at radius 2 is 0.660 bits per heavy atom. The molecule has 41 heteroatoms. The maximum Gasteiger partial charge on any atom is 0.326 e. The third-order valence-corrected chi connectivity index (χ3v) is 13.9. The molecule has 544 valence electrons. The molecular formula is C56H103N29O12. The van der Waals surface area contributed by atoms with Crippen molar-refractivity contribution >= 4 is 94.9 Å². The van der Waals surface area contributed by atoms with Gasteiger partial charge in [-0.2, -0.15) is 0 Å². The molecular weight excluding hydrogens is 1270 g/mol. The van der Waals surface area contributed by atoms with E-state index in [4.69, 9.17) is 80.3 Å². The number of benzene rings is 1. The molecule has 9 atom stereocenters. The van der Waals surface area contributed by atoms with Crippen LogP contribution in [-0.4, -0.2) is 218 Å². The van der Waals surface area contributed by atoms with Crippen LogP contribution in [0.15, 0.2) is 60.3 Å². The maximum absolute atomic E-state index is 14.6. The molecule has 0 unspecified atom stereocenters. The van der Waals surface area contributed by atoms with Crippen LogP contribution in [0.1, 0.15) is 102 Å². The SMILES string of the molecule is NCCCC[C@H](NC(=O)[C@H](CCCN=C(N)N)NC(=O)[C@H](CCCN=C(N)N)NC(=O)[C@H](CCCN=C(N)N)NC(=O)[C@H](CCCN=C(N)N)NC(=O)[C@@H](N)CCCN=C(N)N)C(=O)NCC(=O)N[C@@H](CO)C(=O)N[C@@H](Cc1ccccc1)C(=O)N[C@@H](CCCN=C(N)N)C(=O)O. The fourth-order valence-corrected chi connectivity index (χ4v) is 8.96. The van der Waals surface area contributed by atoms with Crippen molar-refractivity contribution in [2.24, 2.45) is 110 Å². The number of nitrogens with zero attached hydrogens (tertiary/aromatic N) is 6. The number of carbonyl (C=O) groups excluding carboxylic acids is 9. The van der Waals surface area contributed by atoms with Gasteiger partial charge in [-0.3, -0.25) is 73.1 Å². The van der Waals surface area contributed by atoms with E-state index in [9.17, 15) is 58.2 Å². The van der Waals surface area contributed by atoms with Gasteiger partial charge >= 0.3 is 5.97 Å². The number of amides is 9. The minimum atomic E-state index is -1.72.